The number of carbonyl (C=O) groups is 3. The van der Waals surface area contributed by atoms with Crippen molar-refractivity contribution in [3.8, 4) is 0 Å². The van der Waals surface area contributed by atoms with Gasteiger partial charge in [0.05, 0.1) is 6.04 Å². The lowest BCUT2D eigenvalue weighted by atomic mass is 9.75. The molecule has 1 aliphatic carbocycles. The largest absolute Gasteiger partial charge is 0.348 e. The molecule has 0 bridgehead atoms. The number of amides is 4. The molecule has 4 amide bonds. The van der Waals surface area contributed by atoms with Crippen LogP contribution >= 0.6 is 11.6 Å². The Balaban J connectivity index is 1.62. The minimum atomic E-state index is -0.822. The van der Waals surface area contributed by atoms with Crippen LogP contribution in [0.5, 0.6) is 0 Å². The average molecular weight is 392 g/mol. The van der Waals surface area contributed by atoms with Crippen molar-refractivity contribution in [2.24, 2.45) is 5.92 Å². The zero-order valence-electron chi connectivity index (χ0n) is 15.8. The molecule has 1 heterocycles. The fraction of sp³-hybridized carbons (Fsp3) is 0.550. The van der Waals surface area contributed by atoms with Crippen LogP contribution < -0.4 is 10.6 Å². The molecule has 0 unspecified atom stereocenters. The maximum atomic E-state index is 12.9. The van der Waals surface area contributed by atoms with Crippen LogP contribution in [0.4, 0.5) is 4.79 Å². The van der Waals surface area contributed by atoms with Crippen molar-refractivity contribution in [3.63, 3.8) is 0 Å². The van der Waals surface area contributed by atoms with E-state index >= 15 is 0 Å². The highest BCUT2D eigenvalue weighted by atomic mass is 35.5. The molecule has 27 heavy (non-hydrogen) atoms. The van der Waals surface area contributed by atoms with Crippen LogP contribution in [-0.4, -0.2) is 34.8 Å². The highest BCUT2D eigenvalue weighted by Gasteiger charge is 2.52. The van der Waals surface area contributed by atoms with Crippen molar-refractivity contribution in [2.75, 3.05) is 6.54 Å². The molecule has 2 aliphatic rings. The maximum absolute atomic E-state index is 12.9. The molecule has 6 nitrogen and oxygen atoms in total. The Kier molecular flexibility index (Phi) is 5.75. The predicted molar refractivity (Wildman–Crippen MR) is 103 cm³/mol. The van der Waals surface area contributed by atoms with Crippen molar-refractivity contribution >= 4 is 29.4 Å². The van der Waals surface area contributed by atoms with Gasteiger partial charge in [0.15, 0.2) is 0 Å². The second kappa shape index (κ2) is 7.89. The summed E-state index contributed by atoms with van der Waals surface area (Å²) in [6.07, 6.45) is 4.22. The molecule has 0 aromatic heterocycles. The summed E-state index contributed by atoms with van der Waals surface area (Å²) in [6.45, 7) is 3.69. The first-order valence-electron chi connectivity index (χ1n) is 9.54. The summed E-state index contributed by atoms with van der Waals surface area (Å²) in [5.74, 6) is -0.0537. The first-order chi connectivity index (χ1) is 12.9. The summed E-state index contributed by atoms with van der Waals surface area (Å²) >= 11 is 6.16. The molecule has 0 radical (unpaired) electrons. The molecule has 1 aromatic rings. The van der Waals surface area contributed by atoms with Gasteiger partial charge in [0.25, 0.3) is 5.91 Å². The third-order valence-electron chi connectivity index (χ3n) is 5.83. The van der Waals surface area contributed by atoms with Gasteiger partial charge in [0.1, 0.15) is 12.1 Å². The van der Waals surface area contributed by atoms with Gasteiger partial charge in [-0.2, -0.15) is 0 Å². The van der Waals surface area contributed by atoms with Crippen LogP contribution in [0.1, 0.15) is 57.6 Å². The van der Waals surface area contributed by atoms with Crippen LogP contribution in [0.15, 0.2) is 24.3 Å². The van der Waals surface area contributed by atoms with E-state index in [-0.39, 0.29) is 24.4 Å². The number of hydrogen-bond acceptors (Lipinski definition) is 3. The van der Waals surface area contributed by atoms with Crippen molar-refractivity contribution in [3.05, 3.63) is 34.9 Å². The Morgan fingerprint density at radius 2 is 2.00 bits per heavy atom. The first kappa shape index (κ1) is 19.7. The minimum Gasteiger partial charge on any atom is -0.348 e. The standard InChI is InChI=1S/C20H26ClN3O3/c1-3-14-8-10-20(11-9-14)18(26)24(19(27)23-20)12-17(25)22-13(2)15-6-4-5-7-16(15)21/h4-7,13-14H,3,8-12H2,1-2H3,(H,22,25)(H,23,27)/t13-,14?,20?/m0/s1. The number of nitrogens with zero attached hydrogens (tertiary/aromatic N) is 1. The van der Waals surface area contributed by atoms with Crippen LogP contribution in [0.3, 0.4) is 0 Å². The summed E-state index contributed by atoms with van der Waals surface area (Å²) in [5.41, 5.74) is -0.0312. The number of nitrogens with one attached hydrogen (secondary N) is 2. The van der Waals surface area contributed by atoms with E-state index in [2.05, 4.69) is 17.6 Å². The van der Waals surface area contributed by atoms with Crippen LogP contribution in [0.25, 0.3) is 0 Å². The maximum Gasteiger partial charge on any atom is 0.325 e. The molecular weight excluding hydrogens is 366 g/mol. The number of benzene rings is 1. The molecule has 1 aliphatic heterocycles. The van der Waals surface area contributed by atoms with E-state index in [1.54, 1.807) is 6.07 Å². The van der Waals surface area contributed by atoms with Gasteiger partial charge in [0.2, 0.25) is 5.91 Å². The summed E-state index contributed by atoms with van der Waals surface area (Å²) in [4.78, 5) is 38.7. The minimum absolute atomic E-state index is 0.275. The molecule has 1 saturated carbocycles. The molecule has 1 saturated heterocycles. The monoisotopic (exact) mass is 391 g/mol. The molecule has 1 aromatic carbocycles. The number of hydrogen-bond donors (Lipinski definition) is 2. The van der Waals surface area contributed by atoms with Crippen LogP contribution in [-0.2, 0) is 9.59 Å². The molecule has 146 valence electrons. The SMILES string of the molecule is CCC1CCC2(CC1)NC(=O)N(CC(=O)N[C@@H](C)c1ccccc1Cl)C2=O. The van der Waals surface area contributed by atoms with Gasteiger partial charge in [-0.15, -0.1) is 0 Å². The Morgan fingerprint density at radius 1 is 1.33 bits per heavy atom. The molecule has 1 atom stereocenters. The van der Waals surface area contributed by atoms with Gasteiger partial charge in [-0.25, -0.2) is 4.79 Å². The number of halogens is 1. The van der Waals surface area contributed by atoms with Gasteiger partial charge < -0.3 is 10.6 Å². The van der Waals surface area contributed by atoms with Crippen LogP contribution in [0, 0.1) is 5.92 Å². The second-order valence-corrected chi connectivity index (χ2v) is 7.97. The Bertz CT molecular complexity index is 744. The number of rotatable bonds is 5. The van der Waals surface area contributed by atoms with E-state index in [0.29, 0.717) is 23.8 Å². The third-order valence-corrected chi connectivity index (χ3v) is 6.18. The highest BCUT2D eigenvalue weighted by Crippen LogP contribution is 2.37. The van der Waals surface area contributed by atoms with E-state index < -0.39 is 11.6 Å². The Morgan fingerprint density at radius 3 is 2.63 bits per heavy atom. The summed E-state index contributed by atoms with van der Waals surface area (Å²) in [7, 11) is 0. The molecule has 7 heteroatoms. The van der Waals surface area contributed by atoms with E-state index in [4.69, 9.17) is 11.6 Å². The van der Waals surface area contributed by atoms with Gasteiger partial charge in [-0.1, -0.05) is 43.1 Å². The molecule has 2 fully saturated rings. The lowest BCUT2D eigenvalue weighted by molar-refractivity contribution is -0.136. The van der Waals surface area contributed by atoms with E-state index in [1.807, 2.05) is 25.1 Å². The predicted octanol–water partition coefficient (Wildman–Crippen LogP) is 3.41. The van der Waals surface area contributed by atoms with E-state index in [0.717, 1.165) is 29.7 Å². The zero-order valence-corrected chi connectivity index (χ0v) is 16.5. The van der Waals surface area contributed by atoms with Gasteiger partial charge in [0, 0.05) is 5.02 Å². The topological polar surface area (TPSA) is 78.5 Å². The van der Waals surface area contributed by atoms with Crippen molar-refractivity contribution in [1.82, 2.24) is 15.5 Å². The fourth-order valence-electron chi connectivity index (χ4n) is 4.07. The highest BCUT2D eigenvalue weighted by molar-refractivity contribution is 6.31. The normalized spacial score (nSPS) is 26.2. The number of urea groups is 1. The van der Waals surface area contributed by atoms with Gasteiger partial charge in [-0.05, 0) is 50.2 Å². The van der Waals surface area contributed by atoms with E-state index in [1.165, 1.54) is 0 Å². The summed E-state index contributed by atoms with van der Waals surface area (Å²) in [6, 6.07) is 6.46. The lowest BCUT2D eigenvalue weighted by Gasteiger charge is -2.34. The smallest absolute Gasteiger partial charge is 0.325 e. The molecular formula is C20H26ClN3O3. The average Bonchev–Trinajstić information content (AvgIpc) is 2.87. The van der Waals surface area contributed by atoms with Gasteiger partial charge >= 0.3 is 6.03 Å². The van der Waals surface area contributed by atoms with E-state index in [9.17, 15) is 14.4 Å². The first-order valence-corrected chi connectivity index (χ1v) is 9.92. The second-order valence-electron chi connectivity index (χ2n) is 7.57. The van der Waals surface area contributed by atoms with Crippen LogP contribution in [0.2, 0.25) is 5.02 Å². The Labute approximate surface area is 164 Å². The van der Waals surface area contributed by atoms with Crippen molar-refractivity contribution in [1.29, 1.82) is 0 Å². The molecule has 3 rings (SSSR count). The number of imide groups is 1. The summed E-state index contributed by atoms with van der Waals surface area (Å²) < 4.78 is 0. The quantitative estimate of drug-likeness (QED) is 0.755. The zero-order chi connectivity index (χ0) is 19.6. The van der Waals surface area contributed by atoms with Crippen molar-refractivity contribution < 1.29 is 14.4 Å². The lowest BCUT2D eigenvalue weighted by Crippen LogP contribution is -2.50. The fourth-order valence-corrected chi connectivity index (χ4v) is 4.37. The Hall–Kier alpha value is -2.08. The molecule has 2 N–H and O–H groups in total. The number of carbonyl (C=O) groups excluding carboxylic acids is 3. The van der Waals surface area contributed by atoms with Gasteiger partial charge in [-0.3, -0.25) is 14.5 Å². The third kappa shape index (κ3) is 3.95. The van der Waals surface area contributed by atoms with Crippen molar-refractivity contribution in [2.45, 2.75) is 57.5 Å². The summed E-state index contributed by atoms with van der Waals surface area (Å²) in [5, 5.41) is 6.23. The molecule has 1 spiro atoms.